The molecule has 3 aromatic rings. The van der Waals surface area contributed by atoms with Crippen LogP contribution in [0.25, 0.3) is 4.96 Å². The Morgan fingerprint density at radius 1 is 1.15 bits per heavy atom. The van der Waals surface area contributed by atoms with E-state index >= 15 is 0 Å². The van der Waals surface area contributed by atoms with E-state index in [0.717, 1.165) is 22.7 Å². The molecule has 0 radical (unpaired) electrons. The van der Waals surface area contributed by atoms with E-state index in [1.165, 1.54) is 18.3 Å². The smallest absolute Gasteiger partial charge is 0.279 e. The van der Waals surface area contributed by atoms with Crippen LogP contribution < -0.4 is 5.32 Å². The number of nitro groups is 2. The van der Waals surface area contributed by atoms with Gasteiger partial charge in [0.05, 0.1) is 21.1 Å². The number of anilines is 1. The molecule has 0 saturated heterocycles. The first-order valence-corrected chi connectivity index (χ1v) is 8.08. The number of rotatable bonds is 4. The van der Waals surface area contributed by atoms with Crippen LogP contribution in [0.2, 0.25) is 0 Å². The Morgan fingerprint density at radius 2 is 1.73 bits per heavy atom. The lowest BCUT2D eigenvalue weighted by molar-refractivity contribution is -0.395. The molecule has 0 aliphatic carbocycles. The normalized spacial score (nSPS) is 10.9. The Balaban J connectivity index is 1.98. The maximum absolute atomic E-state index is 12.4. The first kappa shape index (κ1) is 17.4. The van der Waals surface area contributed by atoms with Gasteiger partial charge in [-0.1, -0.05) is 11.3 Å². The summed E-state index contributed by atoms with van der Waals surface area (Å²) >= 11 is 1.40. The minimum absolute atomic E-state index is 0.00947. The Hall–Kier alpha value is -3.41. The van der Waals surface area contributed by atoms with Gasteiger partial charge in [-0.25, -0.2) is 4.52 Å². The van der Waals surface area contributed by atoms with Gasteiger partial charge in [0.25, 0.3) is 23.2 Å². The topological polar surface area (TPSA) is 146 Å². The molecule has 2 heterocycles. The monoisotopic (exact) mass is 376 g/mol. The van der Waals surface area contributed by atoms with Crippen LogP contribution >= 0.6 is 11.3 Å². The minimum Gasteiger partial charge on any atom is -0.289 e. The predicted octanol–water partition coefficient (Wildman–Crippen LogP) is 2.78. The number of aromatic nitrogens is 3. The van der Waals surface area contributed by atoms with Gasteiger partial charge in [-0.2, -0.15) is 4.98 Å². The van der Waals surface area contributed by atoms with E-state index in [-0.39, 0.29) is 17.1 Å². The molecule has 0 atom stereocenters. The van der Waals surface area contributed by atoms with Crippen molar-refractivity contribution in [2.45, 2.75) is 20.8 Å². The number of nitrogens with zero attached hydrogens (tertiary/aromatic N) is 5. The Bertz CT molecular complexity index is 1050. The van der Waals surface area contributed by atoms with Crippen LogP contribution in [-0.2, 0) is 0 Å². The molecule has 0 aliphatic heterocycles. The average Bonchev–Trinajstić information content (AvgIpc) is 3.06. The number of hydrogen-bond acceptors (Lipinski definition) is 8. The molecule has 0 spiro atoms. The summed E-state index contributed by atoms with van der Waals surface area (Å²) in [6.07, 6.45) is 0. The third kappa shape index (κ3) is 2.86. The van der Waals surface area contributed by atoms with Crippen molar-refractivity contribution >= 4 is 39.5 Å². The van der Waals surface area contributed by atoms with E-state index in [0.29, 0.717) is 4.96 Å². The quantitative estimate of drug-likeness (QED) is 0.544. The average molecular weight is 376 g/mol. The molecular formula is C14H12N6O5S. The van der Waals surface area contributed by atoms with Gasteiger partial charge in [-0.05, 0) is 20.8 Å². The number of carbonyl (C=O) groups is 1. The van der Waals surface area contributed by atoms with Crippen LogP contribution in [0.1, 0.15) is 26.5 Å². The highest BCUT2D eigenvalue weighted by Crippen LogP contribution is 2.29. The summed E-state index contributed by atoms with van der Waals surface area (Å²) in [5, 5.41) is 28.8. The van der Waals surface area contributed by atoms with Crippen molar-refractivity contribution in [3.8, 4) is 0 Å². The van der Waals surface area contributed by atoms with E-state index < -0.39 is 27.1 Å². The first-order chi connectivity index (χ1) is 12.2. The van der Waals surface area contributed by atoms with Crippen molar-refractivity contribution in [2.24, 2.45) is 0 Å². The van der Waals surface area contributed by atoms with Crippen molar-refractivity contribution in [2.75, 3.05) is 5.32 Å². The molecule has 26 heavy (non-hydrogen) atoms. The molecule has 1 N–H and O–H groups in total. The second-order valence-electron chi connectivity index (χ2n) is 5.48. The maximum Gasteiger partial charge on any atom is 0.279 e. The number of benzene rings is 1. The summed E-state index contributed by atoms with van der Waals surface area (Å²) < 4.78 is 1.57. The molecule has 2 aromatic heterocycles. The number of nitro benzene ring substituents is 2. The zero-order chi connectivity index (χ0) is 19.2. The summed E-state index contributed by atoms with van der Waals surface area (Å²) in [6.45, 7) is 5.03. The molecule has 0 unspecified atom stereocenters. The van der Waals surface area contributed by atoms with E-state index in [2.05, 4.69) is 15.4 Å². The van der Waals surface area contributed by atoms with Crippen LogP contribution in [-0.4, -0.2) is 30.4 Å². The van der Waals surface area contributed by atoms with E-state index in [4.69, 9.17) is 0 Å². The highest BCUT2D eigenvalue weighted by molar-refractivity contribution is 7.17. The summed E-state index contributed by atoms with van der Waals surface area (Å²) in [5.41, 5.74) is -0.479. The van der Waals surface area contributed by atoms with Crippen LogP contribution in [0.5, 0.6) is 0 Å². The molecule has 0 bridgehead atoms. The van der Waals surface area contributed by atoms with Crippen molar-refractivity contribution in [3.05, 3.63) is 54.1 Å². The molecule has 0 aliphatic rings. The van der Waals surface area contributed by atoms with Crippen molar-refractivity contribution in [1.82, 2.24) is 14.6 Å². The van der Waals surface area contributed by atoms with Crippen molar-refractivity contribution in [1.29, 1.82) is 0 Å². The van der Waals surface area contributed by atoms with Crippen LogP contribution in [0.15, 0.2) is 12.1 Å². The molecule has 0 saturated carbocycles. The third-order valence-electron chi connectivity index (χ3n) is 3.88. The lowest BCUT2D eigenvalue weighted by atomic mass is 10.1. The lowest BCUT2D eigenvalue weighted by Crippen LogP contribution is -2.14. The van der Waals surface area contributed by atoms with Crippen LogP contribution in [0, 0.1) is 41.0 Å². The van der Waals surface area contributed by atoms with Gasteiger partial charge in [-0.15, -0.1) is 5.10 Å². The van der Waals surface area contributed by atoms with Crippen molar-refractivity contribution < 1.29 is 14.6 Å². The zero-order valence-electron chi connectivity index (χ0n) is 13.8. The van der Waals surface area contributed by atoms with Gasteiger partial charge < -0.3 is 0 Å². The maximum atomic E-state index is 12.4. The standard InChI is InChI=1S/C14H12N6O5S/c1-6-10(19(22)23)4-9(5-11(6)20(24)25)12(21)15-13-16-14-18(17-13)7(2)8(3)26-14/h4-5H,1-3H3,(H,15,17,21). The Kier molecular flexibility index (Phi) is 4.12. The number of carbonyl (C=O) groups excluding carboxylic acids is 1. The third-order valence-corrected chi connectivity index (χ3v) is 4.93. The number of thiazole rings is 1. The SMILES string of the molecule is Cc1sc2nc(NC(=O)c3cc([N+](=O)[O-])c(C)c([N+](=O)[O-])c3)nn2c1C. The first-order valence-electron chi connectivity index (χ1n) is 7.26. The number of hydrogen-bond donors (Lipinski definition) is 1. The highest BCUT2D eigenvalue weighted by atomic mass is 32.1. The summed E-state index contributed by atoms with van der Waals surface area (Å²) in [6, 6.07) is 1.98. The summed E-state index contributed by atoms with van der Waals surface area (Å²) in [7, 11) is 0. The predicted molar refractivity (Wildman–Crippen MR) is 92.8 cm³/mol. The molecule has 134 valence electrons. The van der Waals surface area contributed by atoms with Gasteiger partial charge in [0, 0.05) is 17.0 Å². The number of fused-ring (bicyclic) bond motifs is 1. The van der Waals surface area contributed by atoms with Gasteiger partial charge in [0.1, 0.15) is 5.56 Å². The highest BCUT2D eigenvalue weighted by Gasteiger charge is 2.26. The molecule has 12 heteroatoms. The largest absolute Gasteiger partial charge is 0.289 e. The van der Waals surface area contributed by atoms with Crippen molar-refractivity contribution in [3.63, 3.8) is 0 Å². The number of amides is 1. The van der Waals surface area contributed by atoms with Crippen LogP contribution in [0.3, 0.4) is 0 Å². The summed E-state index contributed by atoms with van der Waals surface area (Å²) in [4.78, 5) is 38.8. The Morgan fingerprint density at radius 3 is 2.23 bits per heavy atom. The molecule has 3 rings (SSSR count). The van der Waals surface area contributed by atoms with E-state index in [1.54, 1.807) is 4.52 Å². The Labute approximate surface area is 149 Å². The summed E-state index contributed by atoms with van der Waals surface area (Å²) in [5.74, 6) is -0.765. The molecule has 1 amide bonds. The second kappa shape index (κ2) is 6.15. The molecule has 1 aromatic carbocycles. The van der Waals surface area contributed by atoms with Gasteiger partial charge in [-0.3, -0.25) is 30.3 Å². The van der Waals surface area contributed by atoms with E-state index in [9.17, 15) is 25.0 Å². The van der Waals surface area contributed by atoms with E-state index in [1.807, 2.05) is 13.8 Å². The lowest BCUT2D eigenvalue weighted by Gasteiger charge is -2.04. The van der Waals surface area contributed by atoms with Gasteiger partial charge >= 0.3 is 0 Å². The molecular weight excluding hydrogens is 364 g/mol. The number of aryl methyl sites for hydroxylation is 2. The minimum atomic E-state index is -0.774. The zero-order valence-corrected chi connectivity index (χ0v) is 14.7. The molecule has 0 fully saturated rings. The second-order valence-corrected chi connectivity index (χ2v) is 6.66. The molecule has 11 nitrogen and oxygen atoms in total. The van der Waals surface area contributed by atoms with Crippen LogP contribution in [0.4, 0.5) is 17.3 Å². The fraction of sp³-hybridized carbons (Fsp3) is 0.214. The van der Waals surface area contributed by atoms with Gasteiger partial charge in [0.15, 0.2) is 0 Å². The van der Waals surface area contributed by atoms with Gasteiger partial charge in [0.2, 0.25) is 4.96 Å². The fourth-order valence-electron chi connectivity index (χ4n) is 2.36. The fourth-order valence-corrected chi connectivity index (χ4v) is 3.27. The number of nitrogens with one attached hydrogen (secondary N) is 1.